The Morgan fingerprint density at radius 3 is 2.47 bits per heavy atom. The molecule has 0 amide bonds. The molecule has 0 saturated carbocycles. The first-order chi connectivity index (χ1) is 6.98. The summed E-state index contributed by atoms with van der Waals surface area (Å²) < 4.78 is 19.6. The van der Waals surface area contributed by atoms with E-state index in [1.54, 1.807) is 0 Å². The third-order valence-corrected chi connectivity index (χ3v) is 2.59. The number of hydrogen-bond acceptors (Lipinski definition) is 5. The van der Waals surface area contributed by atoms with Crippen LogP contribution in [-0.4, -0.2) is 24.0 Å². The average molecular weight is 239 g/mol. The van der Waals surface area contributed by atoms with Crippen LogP contribution >= 0.6 is 7.82 Å². The number of unbranched alkanes of at least 4 members (excludes halogenated alkanes) is 3. The molecule has 6 nitrogen and oxygen atoms in total. The molecule has 0 aliphatic rings. The second kappa shape index (κ2) is 7.82. The minimum absolute atomic E-state index is 0.103. The summed E-state index contributed by atoms with van der Waals surface area (Å²) in [5, 5.41) is 0. The Bertz CT molecular complexity index is 233. The SMILES string of the molecule is CC(=O)OP(=O)(O)OCCCCCCN. The fourth-order valence-electron chi connectivity index (χ4n) is 0.969. The van der Waals surface area contributed by atoms with Gasteiger partial charge in [0.1, 0.15) is 0 Å². The molecule has 0 bridgehead atoms. The van der Waals surface area contributed by atoms with Gasteiger partial charge in [-0.15, -0.1) is 0 Å². The van der Waals surface area contributed by atoms with Gasteiger partial charge in [-0.1, -0.05) is 12.8 Å². The van der Waals surface area contributed by atoms with Gasteiger partial charge in [-0.3, -0.25) is 14.2 Å². The fourth-order valence-corrected chi connectivity index (χ4v) is 1.71. The zero-order valence-corrected chi connectivity index (χ0v) is 9.74. The van der Waals surface area contributed by atoms with Gasteiger partial charge in [-0.25, -0.2) is 4.57 Å². The molecule has 0 heterocycles. The zero-order chi connectivity index (χ0) is 11.7. The first kappa shape index (κ1) is 14.6. The predicted molar refractivity (Wildman–Crippen MR) is 55.1 cm³/mol. The summed E-state index contributed by atoms with van der Waals surface area (Å²) >= 11 is 0. The smallest absolute Gasteiger partial charge is 0.371 e. The molecule has 7 heteroatoms. The summed E-state index contributed by atoms with van der Waals surface area (Å²) in [6.45, 7) is 1.80. The molecular weight excluding hydrogens is 221 g/mol. The molecule has 0 rings (SSSR count). The van der Waals surface area contributed by atoms with Crippen LogP contribution in [0, 0.1) is 0 Å². The maximum Gasteiger partial charge on any atom is 0.529 e. The summed E-state index contributed by atoms with van der Waals surface area (Å²) in [4.78, 5) is 19.3. The zero-order valence-electron chi connectivity index (χ0n) is 8.85. The lowest BCUT2D eigenvalue weighted by Crippen LogP contribution is -2.01. The molecule has 0 aromatic carbocycles. The Labute approximate surface area is 89.4 Å². The largest absolute Gasteiger partial charge is 0.529 e. The number of nitrogens with two attached hydrogens (primary N) is 1. The summed E-state index contributed by atoms with van der Waals surface area (Å²) in [7, 11) is -4.18. The van der Waals surface area contributed by atoms with Crippen LogP contribution in [0.25, 0.3) is 0 Å². The van der Waals surface area contributed by atoms with E-state index in [9.17, 15) is 9.36 Å². The number of rotatable bonds is 8. The van der Waals surface area contributed by atoms with Gasteiger partial charge in [-0.2, -0.15) is 0 Å². The number of carbonyl (C=O) groups is 1. The average Bonchev–Trinajstić information content (AvgIpc) is 2.08. The van der Waals surface area contributed by atoms with E-state index in [4.69, 9.17) is 10.6 Å². The normalized spacial score (nSPS) is 14.6. The lowest BCUT2D eigenvalue weighted by molar-refractivity contribution is -0.133. The van der Waals surface area contributed by atoms with Crippen molar-refractivity contribution in [3.63, 3.8) is 0 Å². The van der Waals surface area contributed by atoms with Gasteiger partial charge in [0.05, 0.1) is 6.61 Å². The molecule has 0 aliphatic heterocycles. The highest BCUT2D eigenvalue weighted by atomic mass is 31.2. The quantitative estimate of drug-likeness (QED) is 0.487. The molecule has 1 unspecified atom stereocenters. The number of phosphoric acid groups is 1. The van der Waals surface area contributed by atoms with E-state index in [0.717, 1.165) is 26.2 Å². The third-order valence-electron chi connectivity index (χ3n) is 1.60. The topological polar surface area (TPSA) is 98.9 Å². The van der Waals surface area contributed by atoms with Crippen LogP contribution in [-0.2, 0) is 18.4 Å². The molecule has 0 radical (unpaired) electrons. The minimum atomic E-state index is -4.18. The van der Waals surface area contributed by atoms with Crippen molar-refractivity contribution in [2.75, 3.05) is 13.2 Å². The van der Waals surface area contributed by atoms with Gasteiger partial charge in [0.2, 0.25) is 0 Å². The van der Waals surface area contributed by atoms with E-state index in [0.29, 0.717) is 13.0 Å². The number of carbonyl (C=O) groups excluding carboxylic acids is 1. The molecular formula is C8H18NO5P. The first-order valence-electron chi connectivity index (χ1n) is 4.85. The molecule has 0 aliphatic carbocycles. The van der Waals surface area contributed by atoms with Crippen molar-refractivity contribution in [1.82, 2.24) is 0 Å². The van der Waals surface area contributed by atoms with Crippen LogP contribution in [0.2, 0.25) is 0 Å². The Hall–Kier alpha value is -0.420. The van der Waals surface area contributed by atoms with Crippen molar-refractivity contribution in [3.05, 3.63) is 0 Å². The fraction of sp³-hybridized carbons (Fsp3) is 0.875. The van der Waals surface area contributed by atoms with Crippen LogP contribution in [0.4, 0.5) is 0 Å². The van der Waals surface area contributed by atoms with Crippen LogP contribution in [0.3, 0.4) is 0 Å². The molecule has 0 fully saturated rings. The predicted octanol–water partition coefficient (Wildman–Crippen LogP) is 1.19. The van der Waals surface area contributed by atoms with Crippen LogP contribution in [0.15, 0.2) is 0 Å². The molecule has 3 N–H and O–H groups in total. The number of phosphoric ester groups is 1. The second-order valence-electron chi connectivity index (χ2n) is 3.09. The van der Waals surface area contributed by atoms with Crippen molar-refractivity contribution in [2.24, 2.45) is 5.73 Å². The highest BCUT2D eigenvalue weighted by molar-refractivity contribution is 7.48. The Balaban J connectivity index is 3.49. The van der Waals surface area contributed by atoms with Crippen molar-refractivity contribution in [1.29, 1.82) is 0 Å². The van der Waals surface area contributed by atoms with Gasteiger partial charge in [0.25, 0.3) is 0 Å². The highest BCUT2D eigenvalue weighted by Gasteiger charge is 2.23. The lowest BCUT2D eigenvalue weighted by Gasteiger charge is -2.09. The van der Waals surface area contributed by atoms with Crippen LogP contribution in [0.5, 0.6) is 0 Å². The van der Waals surface area contributed by atoms with Gasteiger partial charge in [-0.05, 0) is 19.4 Å². The van der Waals surface area contributed by atoms with E-state index in [1.807, 2.05) is 0 Å². The molecule has 0 spiro atoms. The maximum absolute atomic E-state index is 11.0. The Kier molecular flexibility index (Phi) is 7.60. The van der Waals surface area contributed by atoms with E-state index in [2.05, 4.69) is 9.05 Å². The molecule has 0 saturated heterocycles. The Morgan fingerprint density at radius 2 is 1.93 bits per heavy atom. The summed E-state index contributed by atoms with van der Waals surface area (Å²) in [6, 6.07) is 0. The van der Waals surface area contributed by atoms with Gasteiger partial charge < -0.3 is 10.3 Å². The van der Waals surface area contributed by atoms with E-state index >= 15 is 0 Å². The monoisotopic (exact) mass is 239 g/mol. The molecule has 90 valence electrons. The van der Waals surface area contributed by atoms with E-state index in [1.165, 1.54) is 0 Å². The maximum atomic E-state index is 11.0. The van der Waals surface area contributed by atoms with Crippen molar-refractivity contribution < 1.29 is 23.3 Å². The second-order valence-corrected chi connectivity index (χ2v) is 4.47. The van der Waals surface area contributed by atoms with Gasteiger partial charge >= 0.3 is 13.8 Å². The Morgan fingerprint density at radius 1 is 1.33 bits per heavy atom. The van der Waals surface area contributed by atoms with Crippen molar-refractivity contribution in [2.45, 2.75) is 32.6 Å². The van der Waals surface area contributed by atoms with E-state index < -0.39 is 13.8 Å². The van der Waals surface area contributed by atoms with E-state index in [-0.39, 0.29) is 6.61 Å². The van der Waals surface area contributed by atoms with Crippen molar-refractivity contribution >= 4 is 13.8 Å². The third kappa shape index (κ3) is 9.87. The standard InChI is InChI=1S/C8H18NO5P/c1-8(10)14-15(11,12)13-7-5-3-2-4-6-9/h2-7,9H2,1H3,(H,11,12). The first-order valence-corrected chi connectivity index (χ1v) is 6.35. The van der Waals surface area contributed by atoms with Crippen molar-refractivity contribution in [3.8, 4) is 0 Å². The van der Waals surface area contributed by atoms with Crippen LogP contribution < -0.4 is 5.73 Å². The lowest BCUT2D eigenvalue weighted by atomic mass is 10.2. The summed E-state index contributed by atoms with van der Waals surface area (Å²) in [6.07, 6.45) is 3.41. The van der Waals surface area contributed by atoms with Gasteiger partial charge in [0, 0.05) is 6.92 Å². The van der Waals surface area contributed by atoms with Crippen LogP contribution in [0.1, 0.15) is 32.6 Å². The molecule has 1 atom stereocenters. The molecule has 0 aromatic heterocycles. The number of hydrogen-bond donors (Lipinski definition) is 2. The van der Waals surface area contributed by atoms with Gasteiger partial charge in [0.15, 0.2) is 0 Å². The minimum Gasteiger partial charge on any atom is -0.371 e. The molecule has 15 heavy (non-hydrogen) atoms. The highest BCUT2D eigenvalue weighted by Crippen LogP contribution is 2.43. The molecule has 0 aromatic rings. The summed E-state index contributed by atoms with van der Waals surface area (Å²) in [5.74, 6) is -0.830. The summed E-state index contributed by atoms with van der Waals surface area (Å²) in [5.41, 5.74) is 5.29.